The third kappa shape index (κ3) is 4.11. The van der Waals surface area contributed by atoms with Crippen molar-refractivity contribution < 1.29 is 4.79 Å². The summed E-state index contributed by atoms with van der Waals surface area (Å²) in [5, 5.41) is 6.79. The lowest BCUT2D eigenvalue weighted by Crippen LogP contribution is -2.25. The van der Waals surface area contributed by atoms with Crippen LogP contribution >= 0.6 is 11.3 Å². The predicted octanol–water partition coefficient (Wildman–Crippen LogP) is 1.82. The molecule has 1 amide bonds. The van der Waals surface area contributed by atoms with E-state index in [2.05, 4.69) is 11.2 Å². The number of nitrogens with one attached hydrogen (secondary N) is 1. The summed E-state index contributed by atoms with van der Waals surface area (Å²) in [5.41, 5.74) is 1.07. The Hall–Kier alpha value is -1.27. The Bertz CT molecular complexity index is 311. The fourth-order valence-electron chi connectivity index (χ4n) is 1.06. The lowest BCUT2D eigenvalue weighted by atomic mass is 10.2. The van der Waals surface area contributed by atoms with Gasteiger partial charge in [-0.2, -0.15) is 11.3 Å². The highest BCUT2D eigenvalue weighted by molar-refractivity contribution is 7.07. The summed E-state index contributed by atoms with van der Waals surface area (Å²) in [4.78, 5) is 11.3. The molecule has 1 heterocycles. The Kier molecular flexibility index (Phi) is 4.81. The maximum absolute atomic E-state index is 11.3. The minimum atomic E-state index is 0.0698. The molecule has 0 saturated heterocycles. The zero-order chi connectivity index (χ0) is 10.2. The second kappa shape index (κ2) is 6.22. The van der Waals surface area contributed by atoms with E-state index in [1.54, 1.807) is 11.3 Å². The Labute approximate surface area is 88.3 Å². The van der Waals surface area contributed by atoms with E-state index >= 15 is 0 Å². The average Bonchev–Trinajstić information content (AvgIpc) is 2.65. The first-order valence-electron chi connectivity index (χ1n) is 4.54. The van der Waals surface area contributed by atoms with Crippen LogP contribution in [0.2, 0.25) is 0 Å². The molecule has 0 aliphatic heterocycles. The second-order valence-electron chi connectivity index (χ2n) is 2.97. The molecule has 1 aromatic heterocycles. The molecular weight excluding hydrogens is 194 g/mol. The van der Waals surface area contributed by atoms with Crippen molar-refractivity contribution in [2.24, 2.45) is 0 Å². The van der Waals surface area contributed by atoms with Gasteiger partial charge in [-0.25, -0.2) is 0 Å². The summed E-state index contributed by atoms with van der Waals surface area (Å²) in [6.45, 7) is 0.674. The number of thiophene rings is 1. The minimum absolute atomic E-state index is 0.0698. The Balaban J connectivity index is 2.14. The molecule has 0 spiro atoms. The van der Waals surface area contributed by atoms with Crippen molar-refractivity contribution in [1.29, 1.82) is 0 Å². The van der Waals surface area contributed by atoms with Crippen LogP contribution in [0.3, 0.4) is 0 Å². The maximum Gasteiger partial charge on any atom is 0.224 e. The van der Waals surface area contributed by atoms with Crippen molar-refractivity contribution in [1.82, 2.24) is 5.32 Å². The van der Waals surface area contributed by atoms with Crippen molar-refractivity contribution in [2.45, 2.75) is 19.3 Å². The number of hydrogen-bond donors (Lipinski definition) is 1. The number of carbonyl (C=O) groups excluding carboxylic acids is 1. The van der Waals surface area contributed by atoms with Crippen molar-refractivity contribution in [2.75, 3.05) is 6.54 Å². The number of terminal acetylenes is 1. The molecule has 1 aromatic rings. The molecule has 14 heavy (non-hydrogen) atoms. The number of amides is 1. The molecule has 0 saturated carbocycles. The zero-order valence-corrected chi connectivity index (χ0v) is 8.77. The molecule has 3 heteroatoms. The van der Waals surface area contributed by atoms with E-state index in [4.69, 9.17) is 6.42 Å². The minimum Gasteiger partial charge on any atom is -0.356 e. The lowest BCUT2D eigenvalue weighted by Gasteiger charge is -2.01. The highest BCUT2D eigenvalue weighted by Gasteiger charge is 2.01. The first kappa shape index (κ1) is 10.8. The van der Waals surface area contributed by atoms with E-state index in [9.17, 15) is 4.79 Å². The molecule has 0 fully saturated rings. The van der Waals surface area contributed by atoms with Crippen LogP contribution in [0.4, 0.5) is 0 Å². The van der Waals surface area contributed by atoms with Crippen LogP contribution in [0.25, 0.3) is 0 Å². The van der Waals surface area contributed by atoms with Gasteiger partial charge >= 0.3 is 0 Å². The van der Waals surface area contributed by atoms with E-state index in [0.717, 1.165) is 18.4 Å². The van der Waals surface area contributed by atoms with E-state index < -0.39 is 0 Å². The van der Waals surface area contributed by atoms with Gasteiger partial charge in [-0.3, -0.25) is 4.79 Å². The summed E-state index contributed by atoms with van der Waals surface area (Å²) in [7, 11) is 0. The normalized spacial score (nSPS) is 9.36. The lowest BCUT2D eigenvalue weighted by molar-refractivity contribution is -0.120. The van der Waals surface area contributed by atoms with Crippen molar-refractivity contribution in [3.63, 3.8) is 0 Å². The topological polar surface area (TPSA) is 29.1 Å². The molecule has 0 atom stereocenters. The molecule has 0 unspecified atom stereocenters. The Morgan fingerprint density at radius 3 is 3.14 bits per heavy atom. The molecule has 0 bridgehead atoms. The third-order valence-corrected chi connectivity index (χ3v) is 2.50. The highest BCUT2D eigenvalue weighted by atomic mass is 32.1. The fourth-order valence-corrected chi connectivity index (χ4v) is 1.73. The summed E-state index contributed by atoms with van der Waals surface area (Å²) in [6, 6.07) is 1.96. The Morgan fingerprint density at radius 1 is 1.64 bits per heavy atom. The van der Waals surface area contributed by atoms with Gasteiger partial charge in [0.1, 0.15) is 0 Å². The third-order valence-electron chi connectivity index (χ3n) is 1.76. The summed E-state index contributed by atoms with van der Waals surface area (Å²) < 4.78 is 0. The molecule has 74 valence electrons. The van der Waals surface area contributed by atoms with Gasteiger partial charge in [0.05, 0.1) is 6.42 Å². The van der Waals surface area contributed by atoms with Crippen LogP contribution in [0.15, 0.2) is 16.8 Å². The molecule has 0 aromatic carbocycles. The number of hydrogen-bond acceptors (Lipinski definition) is 2. The first-order valence-corrected chi connectivity index (χ1v) is 5.48. The largest absolute Gasteiger partial charge is 0.356 e. The molecule has 0 radical (unpaired) electrons. The van der Waals surface area contributed by atoms with Gasteiger partial charge in [-0.1, -0.05) is 0 Å². The van der Waals surface area contributed by atoms with Crippen molar-refractivity contribution >= 4 is 17.2 Å². The van der Waals surface area contributed by atoms with Gasteiger partial charge in [0, 0.05) is 13.0 Å². The number of rotatable bonds is 5. The van der Waals surface area contributed by atoms with Crippen molar-refractivity contribution in [3.8, 4) is 12.3 Å². The maximum atomic E-state index is 11.3. The summed E-state index contributed by atoms with van der Waals surface area (Å²) in [6.07, 6.45) is 7.14. The predicted molar refractivity (Wildman–Crippen MR) is 59.1 cm³/mol. The summed E-state index contributed by atoms with van der Waals surface area (Å²) >= 11 is 1.61. The first-order chi connectivity index (χ1) is 6.83. The smallest absolute Gasteiger partial charge is 0.224 e. The standard InChI is InChI=1S/C11H13NOS/c1-2-3-4-6-12-11(13)8-10-5-7-14-9-10/h1,5,7,9H,3-4,6,8H2,(H,12,13). The molecule has 0 aliphatic carbocycles. The van der Waals surface area contributed by atoms with Crippen LogP contribution in [-0.2, 0) is 11.2 Å². The quantitative estimate of drug-likeness (QED) is 0.579. The van der Waals surface area contributed by atoms with Gasteiger partial charge in [0.15, 0.2) is 0 Å². The van der Waals surface area contributed by atoms with Gasteiger partial charge in [0.2, 0.25) is 5.91 Å². The van der Waals surface area contributed by atoms with Gasteiger partial charge in [0.25, 0.3) is 0 Å². The van der Waals surface area contributed by atoms with E-state index in [1.165, 1.54) is 0 Å². The average molecular weight is 207 g/mol. The zero-order valence-electron chi connectivity index (χ0n) is 7.95. The Morgan fingerprint density at radius 2 is 2.50 bits per heavy atom. The highest BCUT2D eigenvalue weighted by Crippen LogP contribution is 2.06. The van der Waals surface area contributed by atoms with Gasteiger partial charge in [-0.05, 0) is 28.8 Å². The molecular formula is C11H13NOS. The monoisotopic (exact) mass is 207 g/mol. The summed E-state index contributed by atoms with van der Waals surface area (Å²) in [5.74, 6) is 2.61. The van der Waals surface area contributed by atoms with Crippen LogP contribution in [0.1, 0.15) is 18.4 Å². The molecule has 1 N–H and O–H groups in total. The molecule has 0 aliphatic rings. The van der Waals surface area contributed by atoms with E-state index in [-0.39, 0.29) is 5.91 Å². The van der Waals surface area contributed by atoms with Crippen LogP contribution in [0.5, 0.6) is 0 Å². The van der Waals surface area contributed by atoms with Crippen LogP contribution in [0, 0.1) is 12.3 Å². The van der Waals surface area contributed by atoms with E-state index in [0.29, 0.717) is 13.0 Å². The van der Waals surface area contributed by atoms with Gasteiger partial charge in [-0.15, -0.1) is 12.3 Å². The number of carbonyl (C=O) groups is 1. The van der Waals surface area contributed by atoms with Crippen LogP contribution in [-0.4, -0.2) is 12.5 Å². The second-order valence-corrected chi connectivity index (χ2v) is 3.75. The fraction of sp³-hybridized carbons (Fsp3) is 0.364. The van der Waals surface area contributed by atoms with E-state index in [1.807, 2.05) is 16.8 Å². The van der Waals surface area contributed by atoms with Crippen LogP contribution < -0.4 is 5.32 Å². The SMILES string of the molecule is C#CCCCNC(=O)Cc1ccsc1. The van der Waals surface area contributed by atoms with Crippen molar-refractivity contribution in [3.05, 3.63) is 22.4 Å². The molecule has 2 nitrogen and oxygen atoms in total. The number of unbranched alkanes of at least 4 members (excludes halogenated alkanes) is 1. The molecule has 1 rings (SSSR count). The van der Waals surface area contributed by atoms with Gasteiger partial charge < -0.3 is 5.32 Å².